The zero-order chi connectivity index (χ0) is 11.1. The van der Waals surface area contributed by atoms with Crippen molar-refractivity contribution >= 4 is 0 Å². The van der Waals surface area contributed by atoms with Crippen molar-refractivity contribution in [2.24, 2.45) is 0 Å². The van der Waals surface area contributed by atoms with Crippen LogP contribution in [0.2, 0.25) is 0 Å². The van der Waals surface area contributed by atoms with Gasteiger partial charge in [0.25, 0.3) is 0 Å². The van der Waals surface area contributed by atoms with Crippen LogP contribution >= 0.6 is 0 Å². The van der Waals surface area contributed by atoms with Gasteiger partial charge in [0.2, 0.25) is 0 Å². The molecule has 1 aromatic rings. The van der Waals surface area contributed by atoms with E-state index in [1.807, 2.05) is 31.6 Å². The highest BCUT2D eigenvalue weighted by molar-refractivity contribution is 5.14. The molecule has 0 fully saturated rings. The fraction of sp³-hybridized carbons (Fsp3) is 0.583. The predicted molar refractivity (Wildman–Crippen MR) is 61.7 cm³/mol. The van der Waals surface area contributed by atoms with E-state index in [0.717, 1.165) is 13.0 Å². The molecule has 1 heterocycles. The van der Waals surface area contributed by atoms with Crippen LogP contribution in [0, 0.1) is 0 Å². The molecule has 0 radical (unpaired) electrons. The summed E-state index contributed by atoms with van der Waals surface area (Å²) in [5.74, 6) is 0. The molecule has 0 saturated heterocycles. The number of nitrogens with zero attached hydrogens (tertiary/aromatic N) is 1. The van der Waals surface area contributed by atoms with E-state index >= 15 is 0 Å². The molecule has 84 valence electrons. The summed E-state index contributed by atoms with van der Waals surface area (Å²) in [5.41, 5.74) is 1.26. The Balaban J connectivity index is 2.43. The molecule has 3 heteroatoms. The summed E-state index contributed by atoms with van der Waals surface area (Å²) in [6.45, 7) is 4.90. The fourth-order valence-corrected chi connectivity index (χ4v) is 1.50. The van der Waals surface area contributed by atoms with Crippen LogP contribution in [0.25, 0.3) is 0 Å². The average molecular weight is 208 g/mol. The van der Waals surface area contributed by atoms with Gasteiger partial charge in [-0.25, -0.2) is 0 Å². The minimum Gasteiger partial charge on any atom is -0.379 e. The van der Waals surface area contributed by atoms with Gasteiger partial charge in [-0.3, -0.25) is 4.98 Å². The second kappa shape index (κ2) is 6.53. The first-order chi connectivity index (χ1) is 7.24. The Morgan fingerprint density at radius 2 is 2.00 bits per heavy atom. The van der Waals surface area contributed by atoms with Crippen LogP contribution in [0.1, 0.15) is 31.9 Å². The number of aromatic nitrogens is 1. The minimum absolute atomic E-state index is 0.306. The molecule has 0 bridgehead atoms. The molecule has 1 N–H and O–H groups in total. The van der Waals surface area contributed by atoms with Crippen molar-refractivity contribution in [3.63, 3.8) is 0 Å². The van der Waals surface area contributed by atoms with Gasteiger partial charge in [-0.1, -0.05) is 0 Å². The SMILES string of the molecule is CNC(CCOC(C)C)c1ccncc1. The first-order valence-electron chi connectivity index (χ1n) is 5.43. The molecule has 0 aliphatic heterocycles. The smallest absolute Gasteiger partial charge is 0.0518 e. The summed E-state index contributed by atoms with van der Waals surface area (Å²) < 4.78 is 5.54. The van der Waals surface area contributed by atoms with Crippen LogP contribution in [0.15, 0.2) is 24.5 Å². The summed E-state index contributed by atoms with van der Waals surface area (Å²) in [4.78, 5) is 4.01. The van der Waals surface area contributed by atoms with Gasteiger partial charge in [-0.2, -0.15) is 0 Å². The minimum atomic E-state index is 0.306. The van der Waals surface area contributed by atoms with E-state index in [1.165, 1.54) is 5.56 Å². The number of rotatable bonds is 6. The third-order valence-corrected chi connectivity index (χ3v) is 2.31. The van der Waals surface area contributed by atoms with Gasteiger partial charge in [-0.15, -0.1) is 0 Å². The zero-order valence-corrected chi connectivity index (χ0v) is 9.73. The maximum atomic E-state index is 5.54. The molecule has 1 unspecified atom stereocenters. The van der Waals surface area contributed by atoms with Gasteiger partial charge in [-0.05, 0) is 45.0 Å². The van der Waals surface area contributed by atoms with E-state index in [9.17, 15) is 0 Å². The van der Waals surface area contributed by atoms with Crippen LogP contribution in [-0.2, 0) is 4.74 Å². The first-order valence-corrected chi connectivity index (χ1v) is 5.43. The van der Waals surface area contributed by atoms with Gasteiger partial charge < -0.3 is 10.1 Å². The maximum Gasteiger partial charge on any atom is 0.0518 e. The van der Waals surface area contributed by atoms with Crippen molar-refractivity contribution in [1.82, 2.24) is 10.3 Å². The number of hydrogen-bond donors (Lipinski definition) is 1. The van der Waals surface area contributed by atoms with Crippen LogP contribution in [0.3, 0.4) is 0 Å². The highest BCUT2D eigenvalue weighted by atomic mass is 16.5. The van der Waals surface area contributed by atoms with E-state index in [1.54, 1.807) is 0 Å². The highest BCUT2D eigenvalue weighted by Crippen LogP contribution is 2.15. The Hall–Kier alpha value is -0.930. The van der Waals surface area contributed by atoms with E-state index in [4.69, 9.17) is 4.74 Å². The molecular formula is C12H20N2O. The molecule has 15 heavy (non-hydrogen) atoms. The van der Waals surface area contributed by atoms with E-state index in [0.29, 0.717) is 12.1 Å². The normalized spacial score (nSPS) is 13.1. The molecule has 1 rings (SSSR count). The molecule has 0 saturated carbocycles. The topological polar surface area (TPSA) is 34.1 Å². The third-order valence-electron chi connectivity index (χ3n) is 2.31. The maximum absolute atomic E-state index is 5.54. The van der Waals surface area contributed by atoms with Gasteiger partial charge in [0.15, 0.2) is 0 Å². The quantitative estimate of drug-likeness (QED) is 0.778. The Kier molecular flexibility index (Phi) is 5.29. The summed E-state index contributed by atoms with van der Waals surface area (Å²) in [6.07, 6.45) is 4.94. The molecular weight excluding hydrogens is 188 g/mol. The Morgan fingerprint density at radius 1 is 1.33 bits per heavy atom. The average Bonchev–Trinajstić information content (AvgIpc) is 2.25. The molecule has 0 spiro atoms. The van der Waals surface area contributed by atoms with Crippen LogP contribution < -0.4 is 5.32 Å². The van der Waals surface area contributed by atoms with Gasteiger partial charge >= 0.3 is 0 Å². The molecule has 0 aromatic carbocycles. The predicted octanol–water partition coefficient (Wildman–Crippen LogP) is 2.16. The van der Waals surface area contributed by atoms with Crippen molar-refractivity contribution in [2.75, 3.05) is 13.7 Å². The summed E-state index contributed by atoms with van der Waals surface area (Å²) >= 11 is 0. The second-order valence-corrected chi connectivity index (χ2v) is 3.83. The molecule has 1 atom stereocenters. The van der Waals surface area contributed by atoms with Crippen molar-refractivity contribution < 1.29 is 4.74 Å². The molecule has 0 aliphatic rings. The first kappa shape index (κ1) is 12.1. The second-order valence-electron chi connectivity index (χ2n) is 3.83. The fourth-order valence-electron chi connectivity index (χ4n) is 1.50. The van der Waals surface area contributed by atoms with E-state index in [2.05, 4.69) is 24.1 Å². The molecule has 0 aliphatic carbocycles. The lowest BCUT2D eigenvalue weighted by Crippen LogP contribution is -2.19. The number of nitrogens with one attached hydrogen (secondary N) is 1. The molecule has 3 nitrogen and oxygen atoms in total. The Morgan fingerprint density at radius 3 is 2.53 bits per heavy atom. The monoisotopic (exact) mass is 208 g/mol. The van der Waals surface area contributed by atoms with Gasteiger partial charge in [0.05, 0.1) is 6.10 Å². The number of ether oxygens (including phenoxy) is 1. The van der Waals surface area contributed by atoms with Crippen LogP contribution in [0.4, 0.5) is 0 Å². The lowest BCUT2D eigenvalue weighted by atomic mass is 10.1. The van der Waals surface area contributed by atoms with Crippen molar-refractivity contribution in [1.29, 1.82) is 0 Å². The zero-order valence-electron chi connectivity index (χ0n) is 9.73. The lowest BCUT2D eigenvalue weighted by molar-refractivity contribution is 0.0719. The van der Waals surface area contributed by atoms with Crippen molar-refractivity contribution in [3.05, 3.63) is 30.1 Å². The van der Waals surface area contributed by atoms with Crippen molar-refractivity contribution in [3.8, 4) is 0 Å². The van der Waals surface area contributed by atoms with Crippen molar-refractivity contribution in [2.45, 2.75) is 32.4 Å². The summed E-state index contributed by atoms with van der Waals surface area (Å²) in [5, 5.41) is 3.28. The standard InChI is InChI=1S/C12H20N2O/c1-10(2)15-9-6-12(13-3)11-4-7-14-8-5-11/h4-5,7-8,10,12-13H,6,9H2,1-3H3. The number of hydrogen-bond acceptors (Lipinski definition) is 3. The van der Waals surface area contributed by atoms with Crippen LogP contribution in [0.5, 0.6) is 0 Å². The summed E-state index contributed by atoms with van der Waals surface area (Å²) in [6, 6.07) is 4.43. The summed E-state index contributed by atoms with van der Waals surface area (Å²) in [7, 11) is 1.97. The Labute approximate surface area is 91.9 Å². The molecule has 0 amide bonds. The van der Waals surface area contributed by atoms with Crippen LogP contribution in [-0.4, -0.2) is 24.7 Å². The lowest BCUT2D eigenvalue weighted by Gasteiger charge is -2.17. The third kappa shape index (κ3) is 4.40. The van der Waals surface area contributed by atoms with E-state index < -0.39 is 0 Å². The van der Waals surface area contributed by atoms with Gasteiger partial charge in [0, 0.05) is 25.0 Å². The highest BCUT2D eigenvalue weighted by Gasteiger charge is 2.08. The van der Waals surface area contributed by atoms with Gasteiger partial charge in [0.1, 0.15) is 0 Å². The largest absolute Gasteiger partial charge is 0.379 e. The Bertz CT molecular complexity index is 262. The number of pyridine rings is 1. The molecule has 1 aromatic heterocycles. The van der Waals surface area contributed by atoms with E-state index in [-0.39, 0.29) is 0 Å².